The van der Waals surface area contributed by atoms with Gasteiger partial charge in [0.2, 0.25) is 0 Å². The summed E-state index contributed by atoms with van der Waals surface area (Å²) in [6.45, 7) is 7.34. The number of amides is 2. The Morgan fingerprint density at radius 1 is 0.936 bits per heavy atom. The maximum absolute atomic E-state index is 14.9. The highest BCUT2D eigenvalue weighted by Gasteiger charge is 2.35. The first-order valence-corrected chi connectivity index (χ1v) is 16.5. The summed E-state index contributed by atoms with van der Waals surface area (Å²) in [4.78, 5) is 42.2. The fraction of sp³-hybridized carbons (Fsp3) is 0.378. The summed E-state index contributed by atoms with van der Waals surface area (Å²) in [5.74, 6) is -0.851. The van der Waals surface area contributed by atoms with Crippen molar-refractivity contribution in [3.05, 3.63) is 87.8 Å². The van der Waals surface area contributed by atoms with Gasteiger partial charge in [-0.2, -0.15) is 0 Å². The van der Waals surface area contributed by atoms with Crippen LogP contribution < -0.4 is 4.74 Å². The van der Waals surface area contributed by atoms with E-state index >= 15 is 0 Å². The number of thiophene rings is 1. The molecule has 10 heteroatoms. The maximum Gasteiger partial charge on any atom is 0.410 e. The fourth-order valence-corrected chi connectivity index (χ4v) is 7.42. The topological polar surface area (TPSA) is 76.2 Å². The molecule has 4 aromatic rings. The van der Waals surface area contributed by atoms with Gasteiger partial charge in [-0.1, -0.05) is 30.3 Å². The average Bonchev–Trinajstić information content (AvgIpc) is 3.42. The number of halogens is 2. The molecule has 0 unspecified atom stereocenters. The predicted octanol–water partition coefficient (Wildman–Crippen LogP) is 8.80. The lowest BCUT2D eigenvalue weighted by molar-refractivity contribution is 0.0144. The molecule has 2 amide bonds. The normalized spacial score (nSPS) is 16.5. The van der Waals surface area contributed by atoms with Crippen LogP contribution in [0.5, 0.6) is 5.75 Å². The van der Waals surface area contributed by atoms with Gasteiger partial charge in [-0.05, 0) is 94.3 Å². The first-order valence-electron chi connectivity index (χ1n) is 15.7. The molecule has 47 heavy (non-hydrogen) atoms. The van der Waals surface area contributed by atoms with Crippen molar-refractivity contribution in [3.8, 4) is 16.9 Å². The molecule has 0 atom stereocenters. The van der Waals surface area contributed by atoms with Gasteiger partial charge in [-0.15, -0.1) is 11.3 Å². The van der Waals surface area contributed by atoms with Crippen molar-refractivity contribution in [2.75, 3.05) is 14.2 Å². The lowest BCUT2D eigenvalue weighted by Crippen LogP contribution is -2.47. The molecular weight excluding hydrogens is 622 g/mol. The molecule has 1 aliphatic rings. The number of hydrogen-bond acceptors (Lipinski definition) is 6. The van der Waals surface area contributed by atoms with Crippen LogP contribution in [0.3, 0.4) is 0 Å². The summed E-state index contributed by atoms with van der Waals surface area (Å²) in [6.07, 6.45) is 2.94. The molecule has 5 rings (SSSR count). The van der Waals surface area contributed by atoms with Gasteiger partial charge in [0, 0.05) is 42.2 Å². The van der Waals surface area contributed by atoms with E-state index in [9.17, 15) is 23.2 Å². The molecule has 0 aliphatic heterocycles. The van der Waals surface area contributed by atoms with Crippen LogP contribution in [0.4, 0.5) is 13.6 Å². The van der Waals surface area contributed by atoms with Crippen LogP contribution in [0.1, 0.15) is 77.6 Å². The Kier molecular flexibility index (Phi) is 10.0. The molecule has 1 aliphatic carbocycles. The van der Waals surface area contributed by atoms with Gasteiger partial charge < -0.3 is 19.3 Å². The lowest BCUT2D eigenvalue weighted by atomic mass is 9.89. The Morgan fingerprint density at radius 2 is 1.55 bits per heavy atom. The summed E-state index contributed by atoms with van der Waals surface area (Å²) in [7, 11) is 3.31. The van der Waals surface area contributed by atoms with Gasteiger partial charge in [0.15, 0.2) is 0 Å². The fourth-order valence-electron chi connectivity index (χ4n) is 6.24. The molecule has 1 fully saturated rings. The van der Waals surface area contributed by atoms with Gasteiger partial charge in [-0.25, -0.2) is 13.6 Å². The quantitative estimate of drug-likeness (QED) is 0.176. The van der Waals surface area contributed by atoms with Crippen LogP contribution in [-0.2, 0) is 11.3 Å². The van der Waals surface area contributed by atoms with E-state index < -0.39 is 17.2 Å². The number of benzene rings is 3. The monoisotopic (exact) mass is 662 g/mol. The molecule has 1 heterocycles. The minimum Gasteiger partial charge on any atom is -0.496 e. The number of aldehydes is 1. The summed E-state index contributed by atoms with van der Waals surface area (Å²) >= 11 is 0.968. The van der Waals surface area contributed by atoms with E-state index in [1.165, 1.54) is 0 Å². The molecule has 0 spiro atoms. The minimum absolute atomic E-state index is 0.0560. The zero-order valence-electron chi connectivity index (χ0n) is 27.6. The third-order valence-electron chi connectivity index (χ3n) is 8.77. The number of carbonyl (C=O) groups is 3. The number of methoxy groups -OCH3 is 1. The van der Waals surface area contributed by atoms with E-state index in [1.807, 2.05) is 51.1 Å². The smallest absolute Gasteiger partial charge is 0.410 e. The molecule has 1 aromatic heterocycles. The number of aryl methyl sites for hydroxylation is 1. The van der Waals surface area contributed by atoms with Crippen LogP contribution >= 0.6 is 11.3 Å². The Bertz CT molecular complexity index is 1790. The summed E-state index contributed by atoms with van der Waals surface area (Å²) in [5, 5.41) is 0.124. The second-order valence-electron chi connectivity index (χ2n) is 13.0. The van der Waals surface area contributed by atoms with Crippen molar-refractivity contribution < 1.29 is 32.6 Å². The second-order valence-corrected chi connectivity index (χ2v) is 14.1. The number of rotatable bonds is 8. The molecule has 248 valence electrons. The Labute approximate surface area is 278 Å². The molecular formula is C37H40F2N2O5S. The van der Waals surface area contributed by atoms with E-state index in [-0.39, 0.29) is 45.6 Å². The van der Waals surface area contributed by atoms with Crippen molar-refractivity contribution in [3.63, 3.8) is 0 Å². The SMILES string of the molecule is COc1ccc(-c2ccc(C=O)cc2)cc1CN(C(=O)c1sc2c(F)ccc(F)c2c1C)C1CCC(N(C)C(=O)OC(C)(C)C)CC1. The van der Waals surface area contributed by atoms with E-state index in [1.54, 1.807) is 43.0 Å². The van der Waals surface area contributed by atoms with E-state index in [2.05, 4.69) is 0 Å². The highest BCUT2D eigenvalue weighted by molar-refractivity contribution is 7.21. The zero-order chi connectivity index (χ0) is 34.0. The number of carbonyl (C=O) groups excluding carboxylic acids is 3. The van der Waals surface area contributed by atoms with Crippen molar-refractivity contribution >= 4 is 39.7 Å². The van der Waals surface area contributed by atoms with Gasteiger partial charge in [-0.3, -0.25) is 9.59 Å². The van der Waals surface area contributed by atoms with Gasteiger partial charge in [0.05, 0.1) is 16.7 Å². The van der Waals surface area contributed by atoms with Gasteiger partial charge in [0.1, 0.15) is 29.3 Å². The van der Waals surface area contributed by atoms with Crippen LogP contribution in [0.15, 0.2) is 54.6 Å². The number of hydrogen-bond donors (Lipinski definition) is 0. The van der Waals surface area contributed by atoms with E-state index in [0.29, 0.717) is 42.6 Å². The number of fused-ring (bicyclic) bond motifs is 1. The lowest BCUT2D eigenvalue weighted by Gasteiger charge is -2.40. The minimum atomic E-state index is -0.614. The molecule has 0 bridgehead atoms. The Balaban J connectivity index is 1.49. The largest absolute Gasteiger partial charge is 0.496 e. The van der Waals surface area contributed by atoms with Gasteiger partial charge in [0.25, 0.3) is 5.91 Å². The molecule has 0 saturated heterocycles. The first kappa shape index (κ1) is 34.0. The third kappa shape index (κ3) is 7.32. The molecule has 3 aromatic carbocycles. The maximum atomic E-state index is 14.9. The van der Waals surface area contributed by atoms with Crippen molar-refractivity contribution in [2.24, 2.45) is 0 Å². The molecule has 1 saturated carbocycles. The average molecular weight is 663 g/mol. The number of nitrogens with zero attached hydrogens (tertiary/aromatic N) is 2. The highest BCUT2D eigenvalue weighted by atomic mass is 32.1. The van der Waals surface area contributed by atoms with E-state index in [4.69, 9.17) is 9.47 Å². The Morgan fingerprint density at radius 3 is 2.15 bits per heavy atom. The van der Waals surface area contributed by atoms with Crippen LogP contribution in [0, 0.1) is 18.6 Å². The summed E-state index contributed by atoms with van der Waals surface area (Å²) in [6, 6.07) is 14.9. The summed E-state index contributed by atoms with van der Waals surface area (Å²) in [5.41, 5.74) is 2.91. The van der Waals surface area contributed by atoms with Crippen molar-refractivity contribution in [2.45, 2.75) is 77.6 Å². The molecule has 0 N–H and O–H groups in total. The van der Waals surface area contributed by atoms with E-state index in [0.717, 1.165) is 46.4 Å². The molecule has 0 radical (unpaired) electrons. The highest BCUT2D eigenvalue weighted by Crippen LogP contribution is 2.38. The third-order valence-corrected chi connectivity index (χ3v) is 10.1. The first-order chi connectivity index (χ1) is 22.3. The van der Waals surface area contributed by atoms with Crippen LogP contribution in [0.2, 0.25) is 0 Å². The van der Waals surface area contributed by atoms with Crippen molar-refractivity contribution in [1.29, 1.82) is 0 Å². The second kappa shape index (κ2) is 13.8. The van der Waals surface area contributed by atoms with Crippen LogP contribution in [-0.4, -0.2) is 59.9 Å². The van der Waals surface area contributed by atoms with Crippen LogP contribution in [0.25, 0.3) is 21.2 Å². The molecule has 7 nitrogen and oxygen atoms in total. The van der Waals surface area contributed by atoms with Gasteiger partial charge >= 0.3 is 6.09 Å². The predicted molar refractivity (Wildman–Crippen MR) is 180 cm³/mol. The zero-order valence-corrected chi connectivity index (χ0v) is 28.4. The Hall–Kier alpha value is -4.31. The van der Waals surface area contributed by atoms with Crippen molar-refractivity contribution in [1.82, 2.24) is 9.80 Å². The standard InChI is InChI=1S/C37H40F2N2O5S/c1-22-32-29(38)16-17-30(39)34(32)47-33(22)35(43)41(28-14-12-27(13-15-28)40(5)36(44)46-37(2,3)4)20-26-19-25(11-18-31(26)45-6)24-9-7-23(21-42)8-10-24/h7-11,16-19,21,27-28H,12-15,20H2,1-6H3. The summed E-state index contributed by atoms with van der Waals surface area (Å²) < 4.78 is 41.1. The number of ether oxygens (including phenoxy) is 2.